The highest BCUT2D eigenvalue weighted by molar-refractivity contribution is 7.89. The van der Waals surface area contributed by atoms with E-state index in [1.54, 1.807) is 6.07 Å². The van der Waals surface area contributed by atoms with E-state index in [9.17, 15) is 13.2 Å². The Kier molecular flexibility index (Phi) is 7.50. The molecule has 9 heteroatoms. The fourth-order valence-electron chi connectivity index (χ4n) is 3.82. The van der Waals surface area contributed by atoms with Crippen molar-refractivity contribution in [2.75, 3.05) is 50.5 Å². The molecule has 1 N–H and O–H groups in total. The maximum atomic E-state index is 12.9. The summed E-state index contributed by atoms with van der Waals surface area (Å²) < 4.78 is 26.1. The van der Waals surface area contributed by atoms with E-state index >= 15 is 0 Å². The molecule has 1 fully saturated rings. The van der Waals surface area contributed by atoms with E-state index in [1.807, 2.05) is 6.92 Å². The fourth-order valence-corrected chi connectivity index (χ4v) is 5.21. The van der Waals surface area contributed by atoms with Crippen LogP contribution in [0.25, 0.3) is 0 Å². The van der Waals surface area contributed by atoms with Crippen LogP contribution in [0.5, 0.6) is 0 Å². The highest BCUT2D eigenvalue weighted by Crippen LogP contribution is 2.27. The molecule has 32 heavy (non-hydrogen) atoms. The van der Waals surface area contributed by atoms with Crippen molar-refractivity contribution < 1.29 is 13.2 Å². The van der Waals surface area contributed by atoms with Gasteiger partial charge >= 0.3 is 0 Å². The molecule has 1 atom stereocenters. The largest absolute Gasteiger partial charge is 0.369 e. The quantitative estimate of drug-likeness (QED) is 0.689. The maximum absolute atomic E-state index is 12.9. The van der Waals surface area contributed by atoms with E-state index in [4.69, 9.17) is 11.6 Å². The smallest absolute Gasteiger partial charge is 0.244 e. The minimum absolute atomic E-state index is 0.0308. The van der Waals surface area contributed by atoms with E-state index < -0.39 is 10.0 Å². The van der Waals surface area contributed by atoms with Gasteiger partial charge in [0.2, 0.25) is 15.9 Å². The molecule has 0 spiro atoms. The molecular weight excluding hydrogens is 448 g/mol. The number of aryl methyl sites for hydroxylation is 1. The van der Waals surface area contributed by atoms with Crippen molar-refractivity contribution in [3.63, 3.8) is 0 Å². The van der Waals surface area contributed by atoms with Gasteiger partial charge in [0.1, 0.15) is 4.90 Å². The monoisotopic (exact) mass is 478 g/mol. The van der Waals surface area contributed by atoms with Crippen molar-refractivity contribution in [1.82, 2.24) is 9.21 Å². The summed E-state index contributed by atoms with van der Waals surface area (Å²) in [6, 6.07) is 10.5. The molecule has 0 saturated carbocycles. The maximum Gasteiger partial charge on any atom is 0.244 e. The molecule has 0 bridgehead atoms. The lowest BCUT2D eigenvalue weighted by Gasteiger charge is -2.39. The van der Waals surface area contributed by atoms with E-state index in [0.717, 1.165) is 30.5 Å². The molecule has 1 aliphatic heterocycles. The Bertz CT molecular complexity index is 1100. The molecule has 0 aliphatic carbocycles. The van der Waals surface area contributed by atoms with Gasteiger partial charge in [0.15, 0.2) is 0 Å². The Labute approximate surface area is 196 Å². The van der Waals surface area contributed by atoms with E-state index in [-0.39, 0.29) is 21.9 Å². The van der Waals surface area contributed by atoms with Crippen molar-refractivity contribution in [1.29, 1.82) is 0 Å². The Morgan fingerprint density at radius 1 is 1.09 bits per heavy atom. The third-order valence-electron chi connectivity index (χ3n) is 6.12. The lowest BCUT2D eigenvalue weighted by atomic mass is 10.1. The van der Waals surface area contributed by atoms with Crippen molar-refractivity contribution in [2.24, 2.45) is 0 Å². The van der Waals surface area contributed by atoms with E-state index in [0.29, 0.717) is 5.69 Å². The number of hydrogen-bond donors (Lipinski definition) is 1. The average molecular weight is 479 g/mol. The van der Waals surface area contributed by atoms with Gasteiger partial charge in [-0.3, -0.25) is 9.69 Å². The van der Waals surface area contributed by atoms with Gasteiger partial charge in [0.25, 0.3) is 0 Å². The third-order valence-corrected chi connectivity index (χ3v) is 8.41. The molecule has 7 nitrogen and oxygen atoms in total. The molecular formula is C23H31ClN4O3S. The summed E-state index contributed by atoms with van der Waals surface area (Å²) in [7, 11) is -0.829. The molecule has 1 unspecified atom stereocenters. The zero-order valence-electron chi connectivity index (χ0n) is 19.2. The minimum Gasteiger partial charge on any atom is -0.369 e. The van der Waals surface area contributed by atoms with Gasteiger partial charge in [0.05, 0.1) is 11.1 Å². The first kappa shape index (κ1) is 24.5. The van der Waals surface area contributed by atoms with Gasteiger partial charge in [-0.25, -0.2) is 12.7 Å². The van der Waals surface area contributed by atoms with Crippen LogP contribution in [0.2, 0.25) is 5.02 Å². The number of anilines is 2. The topological polar surface area (TPSA) is 73.0 Å². The number of hydrogen-bond acceptors (Lipinski definition) is 5. The predicted octanol–water partition coefficient (Wildman–Crippen LogP) is 3.36. The van der Waals surface area contributed by atoms with Crippen molar-refractivity contribution >= 4 is 38.9 Å². The highest BCUT2D eigenvalue weighted by atomic mass is 35.5. The zero-order valence-corrected chi connectivity index (χ0v) is 20.8. The van der Waals surface area contributed by atoms with Gasteiger partial charge in [-0.05, 0) is 56.2 Å². The molecule has 2 aromatic carbocycles. The summed E-state index contributed by atoms with van der Waals surface area (Å²) in [4.78, 5) is 17.4. The molecule has 2 aromatic rings. The number of piperazine rings is 1. The van der Waals surface area contributed by atoms with Crippen LogP contribution in [0.4, 0.5) is 11.4 Å². The van der Waals surface area contributed by atoms with Gasteiger partial charge in [-0.2, -0.15) is 0 Å². The van der Waals surface area contributed by atoms with Crippen molar-refractivity contribution in [3.8, 4) is 0 Å². The van der Waals surface area contributed by atoms with Gasteiger partial charge in [0, 0.05) is 51.6 Å². The van der Waals surface area contributed by atoms with Crippen LogP contribution in [0.3, 0.4) is 0 Å². The van der Waals surface area contributed by atoms with Crippen LogP contribution in [0, 0.1) is 13.8 Å². The summed E-state index contributed by atoms with van der Waals surface area (Å²) in [6.07, 6.45) is 0. The Balaban J connectivity index is 1.65. The second-order valence-corrected chi connectivity index (χ2v) is 10.9. The van der Waals surface area contributed by atoms with Crippen LogP contribution in [0.15, 0.2) is 41.3 Å². The average Bonchev–Trinajstić information content (AvgIpc) is 2.76. The lowest BCUT2D eigenvalue weighted by Crippen LogP contribution is -2.53. The number of halogens is 1. The van der Waals surface area contributed by atoms with E-state index in [2.05, 4.69) is 47.2 Å². The number of sulfonamides is 1. The standard InChI is InChI=1S/C23H31ClN4O3S/c1-16-7-6-8-21(17(16)2)28-13-11-27(12-14-28)18(3)23(29)25-19-9-10-20(24)22(15-19)32(30,31)26(4)5/h6-10,15,18H,11-14H2,1-5H3,(H,25,29). The Hall–Kier alpha value is -2.13. The van der Waals surface area contributed by atoms with Crippen LogP contribution in [-0.4, -0.2) is 69.8 Å². The second kappa shape index (κ2) is 9.79. The SMILES string of the molecule is Cc1cccc(N2CCN(C(C)C(=O)Nc3ccc(Cl)c(S(=O)(=O)N(C)C)c3)CC2)c1C. The summed E-state index contributed by atoms with van der Waals surface area (Å²) in [5, 5.41) is 2.96. The number of carbonyl (C=O) groups is 1. The van der Waals surface area contributed by atoms with Crippen LogP contribution in [-0.2, 0) is 14.8 Å². The summed E-state index contributed by atoms with van der Waals surface area (Å²) in [5.41, 5.74) is 4.22. The van der Waals surface area contributed by atoms with Gasteiger partial charge < -0.3 is 10.2 Å². The minimum atomic E-state index is -3.71. The number of rotatable bonds is 6. The molecule has 0 aromatic heterocycles. The molecule has 1 heterocycles. The van der Waals surface area contributed by atoms with Gasteiger partial charge in [-0.1, -0.05) is 23.7 Å². The van der Waals surface area contributed by atoms with Gasteiger partial charge in [-0.15, -0.1) is 0 Å². The third kappa shape index (κ3) is 5.09. The number of benzene rings is 2. The zero-order chi connectivity index (χ0) is 23.6. The molecule has 1 saturated heterocycles. The molecule has 1 amide bonds. The Morgan fingerprint density at radius 3 is 2.38 bits per heavy atom. The highest BCUT2D eigenvalue weighted by Gasteiger charge is 2.27. The summed E-state index contributed by atoms with van der Waals surface area (Å²) in [5.74, 6) is -0.180. The predicted molar refractivity (Wildman–Crippen MR) is 130 cm³/mol. The number of carbonyl (C=O) groups excluding carboxylic acids is 1. The Morgan fingerprint density at radius 2 is 1.75 bits per heavy atom. The summed E-state index contributed by atoms with van der Waals surface area (Å²) in [6.45, 7) is 9.35. The molecule has 3 rings (SSSR count). The van der Waals surface area contributed by atoms with Crippen molar-refractivity contribution in [3.05, 3.63) is 52.5 Å². The van der Waals surface area contributed by atoms with E-state index in [1.165, 1.54) is 43.0 Å². The first-order chi connectivity index (χ1) is 15.0. The summed E-state index contributed by atoms with van der Waals surface area (Å²) >= 11 is 6.10. The van der Waals surface area contributed by atoms with Crippen LogP contribution < -0.4 is 10.2 Å². The number of nitrogens with one attached hydrogen (secondary N) is 1. The first-order valence-corrected chi connectivity index (χ1v) is 12.4. The van der Waals surface area contributed by atoms with Crippen LogP contribution >= 0.6 is 11.6 Å². The van der Waals surface area contributed by atoms with Crippen LogP contribution in [0.1, 0.15) is 18.1 Å². The fraction of sp³-hybridized carbons (Fsp3) is 0.435. The molecule has 174 valence electrons. The normalized spacial score (nSPS) is 16.3. The number of amides is 1. The lowest BCUT2D eigenvalue weighted by molar-refractivity contribution is -0.120. The number of nitrogens with zero attached hydrogens (tertiary/aromatic N) is 3. The first-order valence-electron chi connectivity index (χ1n) is 10.6. The molecule has 0 radical (unpaired) electrons. The second-order valence-electron chi connectivity index (χ2n) is 8.34. The molecule has 1 aliphatic rings. The van der Waals surface area contributed by atoms with Crippen molar-refractivity contribution in [2.45, 2.75) is 31.7 Å².